The first kappa shape index (κ1) is 21.1. The van der Waals surface area contributed by atoms with E-state index in [0.29, 0.717) is 16.6 Å². The second-order valence-corrected chi connectivity index (χ2v) is 11.0. The summed E-state index contributed by atoms with van der Waals surface area (Å²) in [5, 5.41) is 11.3. The number of carbonyl (C=O) groups is 1. The van der Waals surface area contributed by atoms with Gasteiger partial charge in [-0.05, 0) is 29.4 Å². The molecule has 2 unspecified atom stereocenters. The molecule has 1 heterocycles. The summed E-state index contributed by atoms with van der Waals surface area (Å²) in [6.45, 7) is 17.7. The molecule has 0 radical (unpaired) electrons. The molecule has 1 fully saturated rings. The molecule has 0 aromatic heterocycles. The number of phenols is 1. The molecule has 26 heavy (non-hydrogen) atoms. The number of hydrogen-bond acceptors (Lipinski definition) is 3. The SMILES string of the molecule is CCC1C(C)SCCN1C(=O)c1cc(C(C)(C)C)c(O)c(C(C)(C)C)c1. The Hall–Kier alpha value is -1.16. The smallest absolute Gasteiger partial charge is 0.254 e. The van der Waals surface area contributed by atoms with E-state index in [1.165, 1.54) is 0 Å². The Morgan fingerprint density at radius 2 is 1.65 bits per heavy atom. The van der Waals surface area contributed by atoms with Crippen molar-refractivity contribution in [1.82, 2.24) is 4.90 Å². The Kier molecular flexibility index (Phi) is 6.06. The molecule has 1 aliphatic rings. The van der Waals surface area contributed by atoms with Crippen molar-refractivity contribution >= 4 is 17.7 Å². The molecule has 2 atom stereocenters. The van der Waals surface area contributed by atoms with Crippen LogP contribution in [0.3, 0.4) is 0 Å². The van der Waals surface area contributed by atoms with Crippen LogP contribution in [0.5, 0.6) is 5.75 Å². The quantitative estimate of drug-likeness (QED) is 0.756. The standard InChI is InChI=1S/C22H35NO2S/c1-9-18-14(2)26-11-10-23(18)20(25)15-12-16(21(3,4)5)19(24)17(13-15)22(6,7)8/h12-14,18,24H,9-11H2,1-8H3. The maximum Gasteiger partial charge on any atom is 0.254 e. The fraction of sp³-hybridized carbons (Fsp3) is 0.682. The summed E-state index contributed by atoms with van der Waals surface area (Å²) >= 11 is 1.95. The number of aromatic hydroxyl groups is 1. The van der Waals surface area contributed by atoms with E-state index in [-0.39, 0.29) is 22.8 Å². The van der Waals surface area contributed by atoms with Crippen LogP contribution >= 0.6 is 11.8 Å². The first-order valence-corrected chi connectivity index (χ1v) is 10.7. The van der Waals surface area contributed by atoms with Crippen LogP contribution in [0.4, 0.5) is 0 Å². The van der Waals surface area contributed by atoms with E-state index in [4.69, 9.17) is 0 Å². The minimum Gasteiger partial charge on any atom is -0.507 e. The molecule has 0 aliphatic carbocycles. The number of rotatable bonds is 2. The maximum atomic E-state index is 13.4. The highest BCUT2D eigenvalue weighted by molar-refractivity contribution is 8.00. The van der Waals surface area contributed by atoms with Gasteiger partial charge < -0.3 is 10.0 Å². The van der Waals surface area contributed by atoms with Crippen molar-refractivity contribution in [3.63, 3.8) is 0 Å². The highest BCUT2D eigenvalue weighted by atomic mass is 32.2. The fourth-order valence-corrected chi connectivity index (χ4v) is 4.97. The molecule has 146 valence electrons. The molecular weight excluding hydrogens is 342 g/mol. The molecule has 0 saturated carbocycles. The van der Waals surface area contributed by atoms with Crippen LogP contribution in [0, 0.1) is 0 Å². The summed E-state index contributed by atoms with van der Waals surface area (Å²) < 4.78 is 0. The molecule has 1 N–H and O–H groups in total. The summed E-state index contributed by atoms with van der Waals surface area (Å²) in [6, 6.07) is 4.09. The summed E-state index contributed by atoms with van der Waals surface area (Å²) in [7, 11) is 0. The molecule has 1 saturated heterocycles. The van der Waals surface area contributed by atoms with E-state index in [1.54, 1.807) is 0 Å². The number of nitrogens with zero attached hydrogens (tertiary/aromatic N) is 1. The fourth-order valence-electron chi connectivity index (χ4n) is 3.74. The van der Waals surface area contributed by atoms with Crippen molar-refractivity contribution in [2.45, 2.75) is 83.9 Å². The van der Waals surface area contributed by atoms with Gasteiger partial charge >= 0.3 is 0 Å². The van der Waals surface area contributed by atoms with Crippen LogP contribution in [0.2, 0.25) is 0 Å². The number of hydrogen-bond donors (Lipinski definition) is 1. The van der Waals surface area contributed by atoms with E-state index in [1.807, 2.05) is 28.8 Å². The van der Waals surface area contributed by atoms with Crippen molar-refractivity contribution in [2.24, 2.45) is 0 Å². The zero-order valence-corrected chi connectivity index (χ0v) is 18.5. The van der Waals surface area contributed by atoms with Crippen LogP contribution < -0.4 is 0 Å². The molecule has 4 heteroatoms. The molecule has 1 aliphatic heterocycles. The predicted octanol–water partition coefficient (Wildman–Crippen LogP) is 5.34. The van der Waals surface area contributed by atoms with E-state index in [0.717, 1.165) is 29.8 Å². The van der Waals surface area contributed by atoms with Gasteiger partial charge in [0.05, 0.1) is 0 Å². The normalized spacial score (nSPS) is 21.8. The van der Waals surface area contributed by atoms with E-state index < -0.39 is 0 Å². The van der Waals surface area contributed by atoms with Crippen molar-refractivity contribution in [3.8, 4) is 5.75 Å². The first-order valence-electron chi connectivity index (χ1n) is 9.68. The zero-order valence-electron chi connectivity index (χ0n) is 17.6. The van der Waals surface area contributed by atoms with Crippen LogP contribution in [-0.2, 0) is 10.8 Å². The number of amides is 1. The summed E-state index contributed by atoms with van der Waals surface area (Å²) in [6.07, 6.45) is 0.968. The van der Waals surface area contributed by atoms with Gasteiger partial charge in [0.25, 0.3) is 5.91 Å². The van der Waals surface area contributed by atoms with Crippen molar-refractivity contribution in [1.29, 1.82) is 0 Å². The van der Waals surface area contributed by atoms with Gasteiger partial charge in [-0.2, -0.15) is 11.8 Å². The Bertz CT molecular complexity index is 635. The largest absolute Gasteiger partial charge is 0.507 e. The van der Waals surface area contributed by atoms with E-state index in [2.05, 4.69) is 55.4 Å². The lowest BCUT2D eigenvalue weighted by molar-refractivity contribution is 0.0678. The Balaban J connectivity index is 2.56. The third-order valence-corrected chi connectivity index (χ3v) is 6.57. The van der Waals surface area contributed by atoms with Gasteiger partial charge in [0, 0.05) is 40.3 Å². The maximum absolute atomic E-state index is 13.4. The number of carbonyl (C=O) groups excluding carboxylic acids is 1. The Morgan fingerprint density at radius 1 is 1.15 bits per heavy atom. The van der Waals surface area contributed by atoms with Crippen molar-refractivity contribution in [3.05, 3.63) is 28.8 Å². The lowest BCUT2D eigenvalue weighted by Crippen LogP contribution is -2.49. The van der Waals surface area contributed by atoms with Gasteiger partial charge in [-0.15, -0.1) is 0 Å². The first-order chi connectivity index (χ1) is 11.9. The molecule has 1 aromatic carbocycles. The number of benzene rings is 1. The lowest BCUT2D eigenvalue weighted by atomic mass is 9.78. The molecule has 2 rings (SSSR count). The number of thioether (sulfide) groups is 1. The van der Waals surface area contributed by atoms with E-state index >= 15 is 0 Å². The molecular formula is C22H35NO2S. The van der Waals surface area contributed by atoms with Gasteiger partial charge in [-0.3, -0.25) is 4.79 Å². The van der Waals surface area contributed by atoms with Crippen molar-refractivity contribution < 1.29 is 9.90 Å². The van der Waals surface area contributed by atoms with Gasteiger partial charge in [0.1, 0.15) is 5.75 Å². The second-order valence-electron chi connectivity index (χ2n) is 9.47. The minimum absolute atomic E-state index is 0.0972. The molecule has 3 nitrogen and oxygen atoms in total. The van der Waals surface area contributed by atoms with E-state index in [9.17, 15) is 9.90 Å². The average molecular weight is 378 g/mol. The van der Waals surface area contributed by atoms with Gasteiger partial charge in [-0.25, -0.2) is 0 Å². The summed E-state index contributed by atoms with van der Waals surface area (Å²) in [5.74, 6) is 1.41. The van der Waals surface area contributed by atoms with Crippen LogP contribution in [0.15, 0.2) is 12.1 Å². The van der Waals surface area contributed by atoms with Gasteiger partial charge in [-0.1, -0.05) is 55.4 Å². The predicted molar refractivity (Wildman–Crippen MR) is 113 cm³/mol. The molecule has 0 bridgehead atoms. The number of phenolic OH excluding ortho intramolecular Hbond substituents is 1. The Morgan fingerprint density at radius 3 is 2.08 bits per heavy atom. The van der Waals surface area contributed by atoms with Crippen LogP contribution in [-0.4, -0.2) is 39.5 Å². The molecule has 0 spiro atoms. The second kappa shape index (κ2) is 7.46. The zero-order chi connectivity index (χ0) is 19.9. The minimum atomic E-state index is -0.227. The lowest BCUT2D eigenvalue weighted by Gasteiger charge is -2.39. The highest BCUT2D eigenvalue weighted by Gasteiger charge is 2.34. The summed E-state index contributed by atoms with van der Waals surface area (Å²) in [4.78, 5) is 15.5. The topological polar surface area (TPSA) is 40.5 Å². The van der Waals surface area contributed by atoms with Gasteiger partial charge in [0.2, 0.25) is 0 Å². The van der Waals surface area contributed by atoms with Crippen LogP contribution in [0.1, 0.15) is 83.3 Å². The monoisotopic (exact) mass is 377 g/mol. The van der Waals surface area contributed by atoms with Crippen LogP contribution in [0.25, 0.3) is 0 Å². The van der Waals surface area contributed by atoms with Crippen molar-refractivity contribution in [2.75, 3.05) is 12.3 Å². The Labute approximate surface area is 163 Å². The third kappa shape index (κ3) is 4.21. The highest BCUT2D eigenvalue weighted by Crippen LogP contribution is 2.40. The third-order valence-electron chi connectivity index (χ3n) is 5.31. The molecule has 1 aromatic rings. The van der Waals surface area contributed by atoms with Gasteiger partial charge in [0.15, 0.2) is 0 Å². The molecule has 1 amide bonds. The summed E-state index contributed by atoms with van der Waals surface area (Å²) in [5.41, 5.74) is 1.95. The average Bonchev–Trinajstić information content (AvgIpc) is 2.51.